The van der Waals surface area contributed by atoms with Gasteiger partial charge in [-0.2, -0.15) is 0 Å². The molecule has 0 unspecified atom stereocenters. The maximum atomic E-state index is 12.2. The van der Waals surface area contributed by atoms with Crippen LogP contribution in [0.5, 0.6) is 11.5 Å². The molecule has 0 bridgehead atoms. The van der Waals surface area contributed by atoms with E-state index in [1.165, 1.54) is 13.2 Å². The molecule has 0 fully saturated rings. The molecule has 0 radical (unpaired) electrons. The van der Waals surface area contributed by atoms with Crippen molar-refractivity contribution in [2.45, 2.75) is 0 Å². The van der Waals surface area contributed by atoms with Crippen LogP contribution in [0.1, 0.15) is 16.1 Å². The van der Waals surface area contributed by atoms with Gasteiger partial charge in [0.1, 0.15) is 11.5 Å². The number of hydrogen-bond donors (Lipinski definition) is 1. The average molecular weight is 257 g/mol. The van der Waals surface area contributed by atoms with E-state index in [2.05, 4.69) is 4.98 Å². The highest BCUT2D eigenvalue weighted by Crippen LogP contribution is 2.24. The Morgan fingerprint density at radius 2 is 2.05 bits per heavy atom. The number of methoxy groups -OCH3 is 2. The van der Waals surface area contributed by atoms with Gasteiger partial charge in [0.2, 0.25) is 0 Å². The number of nitrogens with one attached hydrogen (secondary N) is 1. The van der Waals surface area contributed by atoms with Crippen LogP contribution >= 0.6 is 0 Å². The van der Waals surface area contributed by atoms with Crippen molar-refractivity contribution in [3.05, 3.63) is 53.9 Å². The number of hydrogen-bond acceptors (Lipinski definition) is 3. The normalized spacial score (nSPS) is 10.6. The largest absolute Gasteiger partial charge is 0.497 e. The molecule has 0 aliphatic heterocycles. The molecule has 2 aromatic rings. The van der Waals surface area contributed by atoms with Gasteiger partial charge < -0.3 is 14.5 Å². The number of carbonyl (C=O) groups excluding carboxylic acids is 1. The van der Waals surface area contributed by atoms with Crippen molar-refractivity contribution in [3.63, 3.8) is 0 Å². The van der Waals surface area contributed by atoms with Crippen molar-refractivity contribution in [3.8, 4) is 11.5 Å². The summed E-state index contributed by atoms with van der Waals surface area (Å²) in [7, 11) is 3.10. The van der Waals surface area contributed by atoms with Crippen LogP contribution in [0.2, 0.25) is 0 Å². The molecule has 1 heterocycles. The number of ketones is 1. The average Bonchev–Trinajstić information content (AvgIpc) is 2.97. The molecule has 0 amide bonds. The molecule has 19 heavy (non-hydrogen) atoms. The van der Waals surface area contributed by atoms with Gasteiger partial charge in [0.25, 0.3) is 0 Å². The molecule has 1 aromatic heterocycles. The lowest BCUT2D eigenvalue weighted by Gasteiger charge is -2.07. The SMILES string of the molecule is COc1ccc(OC)c(C(=O)/C=C/c2ccc[nH]2)c1. The van der Waals surface area contributed by atoms with Crippen LogP contribution in [-0.2, 0) is 0 Å². The van der Waals surface area contributed by atoms with Gasteiger partial charge in [-0.05, 0) is 42.5 Å². The zero-order chi connectivity index (χ0) is 13.7. The van der Waals surface area contributed by atoms with Crippen molar-refractivity contribution in [1.29, 1.82) is 0 Å². The first-order valence-corrected chi connectivity index (χ1v) is 5.82. The van der Waals surface area contributed by atoms with Gasteiger partial charge in [-0.25, -0.2) is 0 Å². The quantitative estimate of drug-likeness (QED) is 0.662. The number of H-pyrrole nitrogens is 1. The number of benzene rings is 1. The third-order valence-electron chi connectivity index (χ3n) is 2.71. The topological polar surface area (TPSA) is 51.3 Å². The Morgan fingerprint density at radius 3 is 2.68 bits per heavy atom. The van der Waals surface area contributed by atoms with E-state index >= 15 is 0 Å². The second-order valence-corrected chi connectivity index (χ2v) is 3.89. The Labute approximate surface area is 111 Å². The van der Waals surface area contributed by atoms with Crippen LogP contribution in [0.3, 0.4) is 0 Å². The highest BCUT2D eigenvalue weighted by molar-refractivity contribution is 6.08. The van der Waals surface area contributed by atoms with Crippen molar-refractivity contribution in [1.82, 2.24) is 4.98 Å². The van der Waals surface area contributed by atoms with E-state index in [1.807, 2.05) is 12.1 Å². The molecule has 1 N–H and O–H groups in total. The fourth-order valence-corrected chi connectivity index (χ4v) is 1.71. The van der Waals surface area contributed by atoms with Crippen molar-refractivity contribution >= 4 is 11.9 Å². The zero-order valence-electron chi connectivity index (χ0n) is 10.8. The summed E-state index contributed by atoms with van der Waals surface area (Å²) in [6.45, 7) is 0. The molecule has 0 atom stereocenters. The first kappa shape index (κ1) is 13.0. The summed E-state index contributed by atoms with van der Waals surface area (Å²) in [5.41, 5.74) is 1.35. The smallest absolute Gasteiger partial charge is 0.189 e. The fourth-order valence-electron chi connectivity index (χ4n) is 1.71. The number of aromatic nitrogens is 1. The second-order valence-electron chi connectivity index (χ2n) is 3.89. The minimum absolute atomic E-state index is 0.134. The molecular formula is C15H15NO3. The Morgan fingerprint density at radius 1 is 1.21 bits per heavy atom. The van der Waals surface area contributed by atoms with Crippen molar-refractivity contribution in [2.24, 2.45) is 0 Å². The molecule has 4 heteroatoms. The summed E-state index contributed by atoms with van der Waals surface area (Å²) in [6.07, 6.45) is 5.03. The molecule has 1 aromatic carbocycles. The highest BCUT2D eigenvalue weighted by atomic mass is 16.5. The molecule has 0 saturated heterocycles. The molecule has 0 aliphatic rings. The van der Waals surface area contributed by atoms with E-state index in [0.29, 0.717) is 17.1 Å². The summed E-state index contributed by atoms with van der Waals surface area (Å²) >= 11 is 0. The number of allylic oxidation sites excluding steroid dienone is 1. The van der Waals surface area contributed by atoms with Crippen molar-refractivity contribution < 1.29 is 14.3 Å². The Kier molecular flexibility index (Phi) is 4.03. The maximum absolute atomic E-state index is 12.2. The van der Waals surface area contributed by atoms with Gasteiger partial charge in [-0.1, -0.05) is 0 Å². The molecular weight excluding hydrogens is 242 g/mol. The van der Waals surface area contributed by atoms with Gasteiger partial charge in [-0.3, -0.25) is 4.79 Å². The van der Waals surface area contributed by atoms with Crippen molar-refractivity contribution in [2.75, 3.05) is 14.2 Å². The molecule has 98 valence electrons. The van der Waals surface area contributed by atoms with Crippen LogP contribution in [0, 0.1) is 0 Å². The number of ether oxygens (including phenoxy) is 2. The van der Waals surface area contributed by atoms with Crippen LogP contribution in [0.4, 0.5) is 0 Å². The van der Waals surface area contributed by atoms with Crippen LogP contribution in [0.25, 0.3) is 6.08 Å². The lowest BCUT2D eigenvalue weighted by molar-refractivity contribution is 0.104. The molecule has 0 saturated carbocycles. The summed E-state index contributed by atoms with van der Waals surface area (Å²) in [5.74, 6) is 1.02. The lowest BCUT2D eigenvalue weighted by atomic mass is 10.1. The molecule has 2 rings (SSSR count). The Hall–Kier alpha value is -2.49. The number of rotatable bonds is 5. The van der Waals surface area contributed by atoms with E-state index in [4.69, 9.17) is 9.47 Å². The van der Waals surface area contributed by atoms with E-state index in [9.17, 15) is 4.79 Å². The van der Waals surface area contributed by atoms with Crippen LogP contribution < -0.4 is 9.47 Å². The van der Waals surface area contributed by atoms with Crippen LogP contribution in [0.15, 0.2) is 42.6 Å². The summed E-state index contributed by atoms with van der Waals surface area (Å²) in [6, 6.07) is 8.89. The third-order valence-corrected chi connectivity index (χ3v) is 2.71. The Bertz CT molecular complexity index is 585. The minimum Gasteiger partial charge on any atom is -0.497 e. The lowest BCUT2D eigenvalue weighted by Crippen LogP contribution is -1.99. The van der Waals surface area contributed by atoms with Gasteiger partial charge in [-0.15, -0.1) is 0 Å². The molecule has 0 spiro atoms. The Balaban J connectivity index is 2.27. The van der Waals surface area contributed by atoms with Gasteiger partial charge in [0, 0.05) is 11.9 Å². The summed E-state index contributed by atoms with van der Waals surface area (Å²) in [4.78, 5) is 15.2. The second kappa shape index (κ2) is 5.91. The monoisotopic (exact) mass is 257 g/mol. The predicted octanol–water partition coefficient (Wildman–Crippen LogP) is 2.93. The zero-order valence-corrected chi connectivity index (χ0v) is 10.8. The van der Waals surface area contributed by atoms with Gasteiger partial charge in [0.05, 0.1) is 19.8 Å². The van der Waals surface area contributed by atoms with E-state index < -0.39 is 0 Å². The van der Waals surface area contributed by atoms with Gasteiger partial charge in [0.15, 0.2) is 5.78 Å². The minimum atomic E-state index is -0.134. The third kappa shape index (κ3) is 3.04. The van der Waals surface area contributed by atoms with E-state index in [0.717, 1.165) is 5.69 Å². The molecule has 0 aliphatic carbocycles. The van der Waals surface area contributed by atoms with E-state index in [-0.39, 0.29) is 5.78 Å². The summed E-state index contributed by atoms with van der Waals surface area (Å²) in [5, 5.41) is 0. The number of carbonyl (C=O) groups is 1. The van der Waals surface area contributed by atoms with Gasteiger partial charge >= 0.3 is 0 Å². The standard InChI is InChI=1S/C15H15NO3/c1-18-12-6-8-15(19-2)13(10-12)14(17)7-5-11-4-3-9-16-11/h3-10,16H,1-2H3/b7-5+. The van der Waals surface area contributed by atoms with Crippen LogP contribution in [-0.4, -0.2) is 25.0 Å². The fraction of sp³-hybridized carbons (Fsp3) is 0.133. The first-order valence-electron chi connectivity index (χ1n) is 5.82. The predicted molar refractivity (Wildman–Crippen MR) is 73.7 cm³/mol. The highest BCUT2D eigenvalue weighted by Gasteiger charge is 2.11. The van der Waals surface area contributed by atoms with E-state index in [1.54, 1.807) is 37.6 Å². The first-order chi connectivity index (χ1) is 9.24. The maximum Gasteiger partial charge on any atom is 0.189 e. The molecule has 4 nitrogen and oxygen atoms in total. The summed E-state index contributed by atoms with van der Waals surface area (Å²) < 4.78 is 10.3. The number of aromatic amines is 1.